The Balaban J connectivity index is 1.69. The van der Waals surface area contributed by atoms with E-state index >= 15 is 0 Å². The average molecular weight is 388 g/mol. The van der Waals surface area contributed by atoms with Gasteiger partial charge in [0, 0.05) is 29.2 Å². The van der Waals surface area contributed by atoms with Gasteiger partial charge in [-0.25, -0.2) is 4.79 Å². The van der Waals surface area contributed by atoms with Gasteiger partial charge in [-0.15, -0.1) is 0 Å². The molecular formula is C18H14ClN3O5. The molecule has 1 amide bonds. The quantitative estimate of drug-likeness (QED) is 0.391. The largest absolute Gasteiger partial charge is 0.449 e. The van der Waals surface area contributed by atoms with Crippen LogP contribution in [0.25, 0.3) is 10.9 Å². The number of rotatable bonds is 5. The third kappa shape index (κ3) is 3.90. The third-order valence-electron chi connectivity index (χ3n) is 3.88. The zero-order chi connectivity index (χ0) is 19.6. The third-order valence-corrected chi connectivity index (χ3v) is 4.20. The molecular weight excluding hydrogens is 374 g/mol. The van der Waals surface area contributed by atoms with Crippen LogP contribution in [0.1, 0.15) is 17.3 Å². The van der Waals surface area contributed by atoms with Crippen LogP contribution in [-0.4, -0.2) is 27.9 Å². The van der Waals surface area contributed by atoms with Crippen LogP contribution in [0, 0.1) is 10.1 Å². The summed E-state index contributed by atoms with van der Waals surface area (Å²) >= 11 is 5.94. The minimum absolute atomic E-state index is 0.00713. The van der Waals surface area contributed by atoms with E-state index in [0.29, 0.717) is 10.9 Å². The lowest BCUT2D eigenvalue weighted by molar-refractivity contribution is -0.384. The highest BCUT2D eigenvalue weighted by molar-refractivity contribution is 6.34. The van der Waals surface area contributed by atoms with Gasteiger partial charge in [-0.3, -0.25) is 14.9 Å². The maximum atomic E-state index is 12.4. The number of carbonyl (C=O) groups is 2. The summed E-state index contributed by atoms with van der Waals surface area (Å²) in [5.41, 5.74) is 1.08. The van der Waals surface area contributed by atoms with E-state index in [-0.39, 0.29) is 16.4 Å². The number of amides is 1. The number of H-pyrrole nitrogens is 1. The number of hydrogen-bond donors (Lipinski definition) is 2. The predicted molar refractivity (Wildman–Crippen MR) is 99.9 cm³/mol. The minimum Gasteiger partial charge on any atom is -0.449 e. The molecule has 0 fully saturated rings. The number of fused-ring (bicyclic) bond motifs is 1. The molecule has 1 atom stereocenters. The molecule has 0 saturated carbocycles. The Morgan fingerprint density at radius 3 is 2.70 bits per heavy atom. The van der Waals surface area contributed by atoms with Crippen molar-refractivity contribution >= 4 is 45.8 Å². The van der Waals surface area contributed by atoms with Gasteiger partial charge >= 0.3 is 5.97 Å². The van der Waals surface area contributed by atoms with Crippen molar-refractivity contribution in [1.29, 1.82) is 0 Å². The first kappa shape index (κ1) is 18.4. The van der Waals surface area contributed by atoms with E-state index < -0.39 is 22.9 Å². The van der Waals surface area contributed by atoms with E-state index in [2.05, 4.69) is 10.3 Å². The lowest BCUT2D eigenvalue weighted by Gasteiger charge is -2.14. The summed E-state index contributed by atoms with van der Waals surface area (Å²) in [6.07, 6.45) is 0.419. The van der Waals surface area contributed by atoms with Crippen LogP contribution in [0.3, 0.4) is 0 Å². The summed E-state index contributed by atoms with van der Waals surface area (Å²) < 4.78 is 5.22. The van der Waals surface area contributed by atoms with E-state index in [0.717, 1.165) is 11.6 Å². The second-order valence-electron chi connectivity index (χ2n) is 5.71. The van der Waals surface area contributed by atoms with Gasteiger partial charge in [0.2, 0.25) is 0 Å². The lowest BCUT2D eigenvalue weighted by Crippen LogP contribution is -2.30. The van der Waals surface area contributed by atoms with E-state index in [1.807, 2.05) is 12.1 Å². The van der Waals surface area contributed by atoms with Crippen LogP contribution in [0.5, 0.6) is 0 Å². The van der Waals surface area contributed by atoms with Crippen molar-refractivity contribution in [3.63, 3.8) is 0 Å². The van der Waals surface area contributed by atoms with Gasteiger partial charge in [0.25, 0.3) is 11.6 Å². The number of aromatic nitrogens is 1. The number of non-ortho nitro benzene ring substituents is 1. The summed E-state index contributed by atoms with van der Waals surface area (Å²) in [6.45, 7) is 1.42. The topological polar surface area (TPSA) is 114 Å². The Kier molecular flexibility index (Phi) is 5.09. The fraction of sp³-hybridized carbons (Fsp3) is 0.111. The fourth-order valence-electron chi connectivity index (χ4n) is 2.47. The van der Waals surface area contributed by atoms with Crippen LogP contribution in [0.2, 0.25) is 5.02 Å². The molecule has 3 rings (SSSR count). The van der Waals surface area contributed by atoms with E-state index in [9.17, 15) is 19.7 Å². The number of halogens is 1. The molecule has 0 aliphatic carbocycles. The number of esters is 1. The van der Waals surface area contributed by atoms with Crippen LogP contribution >= 0.6 is 11.6 Å². The summed E-state index contributed by atoms with van der Waals surface area (Å²) in [7, 11) is 0. The molecule has 9 heteroatoms. The average Bonchev–Trinajstić information content (AvgIpc) is 3.07. The number of nitro benzene ring substituents is 1. The maximum Gasteiger partial charge on any atom is 0.341 e. The summed E-state index contributed by atoms with van der Waals surface area (Å²) in [5, 5.41) is 13.9. The number of nitro groups is 1. The second-order valence-corrected chi connectivity index (χ2v) is 6.11. The number of aromatic amines is 1. The maximum absolute atomic E-state index is 12.4. The first-order chi connectivity index (χ1) is 12.9. The summed E-state index contributed by atoms with van der Waals surface area (Å²) in [4.78, 5) is 37.7. The van der Waals surface area contributed by atoms with E-state index in [4.69, 9.17) is 16.3 Å². The van der Waals surface area contributed by atoms with Crippen molar-refractivity contribution in [3.05, 3.63) is 69.4 Å². The Hall–Kier alpha value is -3.39. The van der Waals surface area contributed by atoms with Crippen molar-refractivity contribution in [2.24, 2.45) is 0 Å². The lowest BCUT2D eigenvalue weighted by atomic mass is 10.2. The van der Waals surface area contributed by atoms with Gasteiger partial charge in [0.1, 0.15) is 0 Å². The van der Waals surface area contributed by atoms with Gasteiger partial charge in [0.05, 0.1) is 21.2 Å². The number of carbonyl (C=O) groups excluding carboxylic acids is 2. The molecule has 0 radical (unpaired) electrons. The SMILES string of the molecule is C[C@H](OC(=O)c1c[nH]c2ccccc12)C(=O)Nc1ccc([N+](=O)[O-])cc1Cl. The zero-order valence-electron chi connectivity index (χ0n) is 14.1. The number of para-hydroxylation sites is 1. The number of benzene rings is 2. The Bertz CT molecular complexity index is 1050. The van der Waals surface area contributed by atoms with Crippen molar-refractivity contribution in [2.75, 3.05) is 5.32 Å². The standard InChI is InChI=1S/C18H14ClN3O5/c1-10(17(23)21-16-7-6-11(22(25)26)8-14(16)19)27-18(24)13-9-20-15-5-3-2-4-12(13)15/h2-10,20H,1H3,(H,21,23)/t10-/m0/s1. The molecule has 27 heavy (non-hydrogen) atoms. The molecule has 8 nitrogen and oxygen atoms in total. The molecule has 0 spiro atoms. The second kappa shape index (κ2) is 7.46. The highest BCUT2D eigenvalue weighted by Gasteiger charge is 2.22. The van der Waals surface area contributed by atoms with Crippen LogP contribution in [-0.2, 0) is 9.53 Å². The van der Waals surface area contributed by atoms with Crippen molar-refractivity contribution in [1.82, 2.24) is 4.98 Å². The van der Waals surface area contributed by atoms with Crippen LogP contribution < -0.4 is 5.32 Å². The Morgan fingerprint density at radius 2 is 2.00 bits per heavy atom. The van der Waals surface area contributed by atoms with Crippen molar-refractivity contribution in [3.8, 4) is 0 Å². The van der Waals surface area contributed by atoms with E-state index in [1.165, 1.54) is 25.3 Å². The molecule has 3 aromatic rings. The molecule has 0 aliphatic rings. The monoisotopic (exact) mass is 387 g/mol. The smallest absolute Gasteiger partial charge is 0.341 e. The Labute approximate surface area is 158 Å². The fourth-order valence-corrected chi connectivity index (χ4v) is 2.69. The molecule has 0 bridgehead atoms. The van der Waals surface area contributed by atoms with Crippen LogP contribution in [0.4, 0.5) is 11.4 Å². The van der Waals surface area contributed by atoms with Gasteiger partial charge in [-0.2, -0.15) is 0 Å². The first-order valence-electron chi connectivity index (χ1n) is 7.88. The molecule has 2 aromatic carbocycles. The highest BCUT2D eigenvalue weighted by Crippen LogP contribution is 2.27. The first-order valence-corrected chi connectivity index (χ1v) is 8.26. The van der Waals surface area contributed by atoms with Crippen molar-refractivity contribution < 1.29 is 19.2 Å². The number of ether oxygens (including phenoxy) is 1. The van der Waals surface area contributed by atoms with Gasteiger partial charge in [-0.05, 0) is 19.1 Å². The highest BCUT2D eigenvalue weighted by atomic mass is 35.5. The van der Waals surface area contributed by atoms with Gasteiger partial charge < -0.3 is 15.0 Å². The van der Waals surface area contributed by atoms with E-state index in [1.54, 1.807) is 12.1 Å². The van der Waals surface area contributed by atoms with Gasteiger partial charge in [0.15, 0.2) is 6.10 Å². The molecule has 1 aromatic heterocycles. The van der Waals surface area contributed by atoms with Gasteiger partial charge in [-0.1, -0.05) is 29.8 Å². The zero-order valence-corrected chi connectivity index (χ0v) is 14.8. The molecule has 2 N–H and O–H groups in total. The predicted octanol–water partition coefficient (Wildman–Crippen LogP) is 3.91. The minimum atomic E-state index is -1.10. The number of hydrogen-bond acceptors (Lipinski definition) is 5. The summed E-state index contributed by atoms with van der Waals surface area (Å²) in [5.74, 6) is -1.26. The number of nitrogens with zero attached hydrogens (tertiary/aromatic N) is 1. The molecule has 0 unspecified atom stereocenters. The molecule has 1 heterocycles. The van der Waals surface area contributed by atoms with Crippen molar-refractivity contribution in [2.45, 2.75) is 13.0 Å². The number of nitrogens with one attached hydrogen (secondary N) is 2. The summed E-state index contributed by atoms with van der Waals surface area (Å²) in [6, 6.07) is 10.9. The molecule has 138 valence electrons. The number of anilines is 1. The molecule has 0 aliphatic heterocycles. The van der Waals surface area contributed by atoms with Crippen LogP contribution in [0.15, 0.2) is 48.7 Å². The molecule has 0 saturated heterocycles. The normalized spacial score (nSPS) is 11.8. The Morgan fingerprint density at radius 1 is 1.26 bits per heavy atom.